The van der Waals surface area contributed by atoms with Gasteiger partial charge in [0.15, 0.2) is 0 Å². The van der Waals surface area contributed by atoms with E-state index in [-0.39, 0.29) is 17.9 Å². The van der Waals surface area contributed by atoms with Crippen LogP contribution >= 0.6 is 11.3 Å². The van der Waals surface area contributed by atoms with Crippen molar-refractivity contribution in [3.63, 3.8) is 0 Å². The fourth-order valence-electron chi connectivity index (χ4n) is 3.20. The van der Waals surface area contributed by atoms with Crippen LogP contribution in [0, 0.1) is 5.92 Å². The topological polar surface area (TPSA) is 71.3 Å². The summed E-state index contributed by atoms with van der Waals surface area (Å²) >= 11 is 1.67. The van der Waals surface area contributed by atoms with E-state index in [0.717, 1.165) is 12.8 Å². The average Bonchev–Trinajstić information content (AvgIpc) is 3.35. The van der Waals surface area contributed by atoms with E-state index in [9.17, 15) is 9.59 Å². The lowest BCUT2D eigenvalue weighted by atomic mass is 9.96. The van der Waals surface area contributed by atoms with Crippen molar-refractivity contribution in [1.82, 2.24) is 10.6 Å². The molecule has 1 saturated carbocycles. The van der Waals surface area contributed by atoms with Crippen LogP contribution in [-0.2, 0) is 4.79 Å². The molecule has 3 rings (SSSR count). The summed E-state index contributed by atoms with van der Waals surface area (Å²) in [5.41, 5.74) is 0.417. The molecule has 1 aliphatic carbocycles. The van der Waals surface area contributed by atoms with Crippen molar-refractivity contribution in [1.29, 1.82) is 0 Å². The predicted octanol–water partition coefficient (Wildman–Crippen LogP) is 3.51. The monoisotopic (exact) mass is 346 g/mol. The largest absolute Gasteiger partial charge is 0.472 e. The number of rotatable bonds is 6. The summed E-state index contributed by atoms with van der Waals surface area (Å²) < 4.78 is 4.90. The van der Waals surface area contributed by atoms with Crippen LogP contribution in [0.25, 0.3) is 0 Å². The molecule has 128 valence electrons. The molecular formula is C18H22N2O3S. The molecule has 0 spiro atoms. The third kappa shape index (κ3) is 3.87. The molecule has 1 aliphatic rings. The standard InChI is InChI=1S/C18H22N2O3S/c1-12(19-18(22)14-8-9-23-11-14)17(21)20-16(13-5-2-3-6-13)15-7-4-10-24-15/h4,7-13,16H,2-3,5-6H2,1H3,(H,19,22)(H,20,21)/t12-,16-/m1/s1. The van der Waals surface area contributed by atoms with Crippen molar-refractivity contribution in [3.8, 4) is 0 Å². The van der Waals surface area contributed by atoms with Gasteiger partial charge in [-0.25, -0.2) is 0 Å². The second kappa shape index (κ2) is 7.66. The lowest BCUT2D eigenvalue weighted by Gasteiger charge is -2.25. The minimum Gasteiger partial charge on any atom is -0.472 e. The first-order valence-corrected chi connectivity index (χ1v) is 9.20. The molecule has 2 atom stereocenters. The highest BCUT2D eigenvalue weighted by atomic mass is 32.1. The van der Waals surface area contributed by atoms with Gasteiger partial charge in [-0.05, 0) is 43.2 Å². The van der Waals surface area contributed by atoms with Gasteiger partial charge in [0.2, 0.25) is 5.91 Å². The fraction of sp³-hybridized carbons (Fsp3) is 0.444. The molecule has 0 aromatic carbocycles. The first-order valence-electron chi connectivity index (χ1n) is 8.32. The van der Waals surface area contributed by atoms with Crippen LogP contribution < -0.4 is 10.6 Å². The van der Waals surface area contributed by atoms with E-state index in [1.807, 2.05) is 11.4 Å². The number of furan rings is 1. The summed E-state index contributed by atoms with van der Waals surface area (Å²) in [4.78, 5) is 25.8. The molecule has 0 aliphatic heterocycles. The van der Waals surface area contributed by atoms with Crippen molar-refractivity contribution in [3.05, 3.63) is 46.5 Å². The van der Waals surface area contributed by atoms with Gasteiger partial charge in [0.1, 0.15) is 12.3 Å². The highest BCUT2D eigenvalue weighted by Gasteiger charge is 2.30. The van der Waals surface area contributed by atoms with Crippen molar-refractivity contribution in [2.45, 2.75) is 44.7 Å². The van der Waals surface area contributed by atoms with Crippen LogP contribution in [0.1, 0.15) is 53.9 Å². The molecule has 6 heteroatoms. The van der Waals surface area contributed by atoms with E-state index in [2.05, 4.69) is 16.7 Å². The van der Waals surface area contributed by atoms with Gasteiger partial charge < -0.3 is 15.1 Å². The van der Waals surface area contributed by atoms with Crippen LogP contribution in [0.2, 0.25) is 0 Å². The highest BCUT2D eigenvalue weighted by Crippen LogP contribution is 2.37. The Morgan fingerprint density at radius 1 is 1.25 bits per heavy atom. The van der Waals surface area contributed by atoms with Crippen LogP contribution in [0.5, 0.6) is 0 Å². The molecule has 24 heavy (non-hydrogen) atoms. The Kier molecular flexibility index (Phi) is 5.35. The summed E-state index contributed by atoms with van der Waals surface area (Å²) in [6.07, 6.45) is 7.51. The quantitative estimate of drug-likeness (QED) is 0.841. The van der Waals surface area contributed by atoms with E-state index < -0.39 is 6.04 Å². The molecule has 2 aromatic heterocycles. The first-order chi connectivity index (χ1) is 11.6. The van der Waals surface area contributed by atoms with Crippen molar-refractivity contribution < 1.29 is 14.0 Å². The fourth-order valence-corrected chi connectivity index (χ4v) is 4.07. The van der Waals surface area contributed by atoms with Gasteiger partial charge >= 0.3 is 0 Å². The van der Waals surface area contributed by atoms with E-state index in [1.54, 1.807) is 24.3 Å². The normalized spacial score (nSPS) is 17.4. The lowest BCUT2D eigenvalue weighted by Crippen LogP contribution is -2.46. The number of nitrogens with one attached hydrogen (secondary N) is 2. The van der Waals surface area contributed by atoms with Crippen LogP contribution in [0.4, 0.5) is 0 Å². The second-order valence-corrected chi connectivity index (χ2v) is 7.23. The third-order valence-electron chi connectivity index (χ3n) is 4.54. The number of hydrogen-bond acceptors (Lipinski definition) is 4. The van der Waals surface area contributed by atoms with Gasteiger partial charge in [-0.1, -0.05) is 18.9 Å². The summed E-state index contributed by atoms with van der Waals surface area (Å²) in [6.45, 7) is 1.70. The molecule has 0 bridgehead atoms. The zero-order chi connectivity index (χ0) is 16.9. The van der Waals surface area contributed by atoms with Crippen molar-refractivity contribution >= 4 is 23.2 Å². The Hall–Kier alpha value is -2.08. The Labute approximate surface area is 145 Å². The van der Waals surface area contributed by atoms with Crippen LogP contribution in [0.3, 0.4) is 0 Å². The zero-order valence-corrected chi connectivity index (χ0v) is 14.5. The van der Waals surface area contributed by atoms with Gasteiger partial charge in [0.05, 0.1) is 17.9 Å². The molecule has 0 radical (unpaired) electrons. The Morgan fingerprint density at radius 3 is 2.67 bits per heavy atom. The minimum absolute atomic E-state index is 0.0354. The van der Waals surface area contributed by atoms with E-state index in [1.165, 1.54) is 30.2 Å². The number of amides is 2. The molecule has 0 saturated heterocycles. The molecule has 2 heterocycles. The molecular weight excluding hydrogens is 324 g/mol. The van der Waals surface area contributed by atoms with Crippen molar-refractivity contribution in [2.24, 2.45) is 5.92 Å². The second-order valence-electron chi connectivity index (χ2n) is 6.25. The van der Waals surface area contributed by atoms with Gasteiger partial charge in [0.25, 0.3) is 5.91 Å². The predicted molar refractivity (Wildman–Crippen MR) is 92.8 cm³/mol. The average molecular weight is 346 g/mol. The number of carbonyl (C=O) groups excluding carboxylic acids is 2. The smallest absolute Gasteiger partial charge is 0.255 e. The molecule has 2 amide bonds. The van der Waals surface area contributed by atoms with Gasteiger partial charge in [-0.15, -0.1) is 11.3 Å². The van der Waals surface area contributed by atoms with Crippen LogP contribution in [-0.4, -0.2) is 17.9 Å². The number of carbonyl (C=O) groups is 2. The Bertz CT molecular complexity index is 661. The first kappa shape index (κ1) is 16.8. The molecule has 2 N–H and O–H groups in total. The Balaban J connectivity index is 1.63. The summed E-state index contributed by atoms with van der Waals surface area (Å²) in [5, 5.41) is 7.90. The molecule has 2 aromatic rings. The number of thiophene rings is 1. The maximum absolute atomic E-state index is 12.6. The lowest BCUT2D eigenvalue weighted by molar-refractivity contribution is -0.123. The van der Waals surface area contributed by atoms with Crippen molar-refractivity contribution in [2.75, 3.05) is 0 Å². The SMILES string of the molecule is C[C@@H](NC(=O)c1ccoc1)C(=O)N[C@@H](c1cccs1)C1CCCC1. The maximum Gasteiger partial charge on any atom is 0.255 e. The third-order valence-corrected chi connectivity index (χ3v) is 5.50. The van der Waals surface area contributed by atoms with E-state index >= 15 is 0 Å². The molecule has 0 unspecified atom stereocenters. The summed E-state index contributed by atoms with van der Waals surface area (Å²) in [7, 11) is 0. The Morgan fingerprint density at radius 2 is 2.04 bits per heavy atom. The van der Waals surface area contributed by atoms with E-state index in [0.29, 0.717) is 11.5 Å². The summed E-state index contributed by atoms with van der Waals surface area (Å²) in [5.74, 6) is 0.0152. The minimum atomic E-state index is -0.601. The highest BCUT2D eigenvalue weighted by molar-refractivity contribution is 7.10. The van der Waals surface area contributed by atoms with Gasteiger partial charge in [-0.3, -0.25) is 9.59 Å². The molecule has 1 fully saturated rings. The van der Waals surface area contributed by atoms with Crippen LogP contribution in [0.15, 0.2) is 40.5 Å². The zero-order valence-electron chi connectivity index (χ0n) is 13.7. The van der Waals surface area contributed by atoms with Gasteiger partial charge in [-0.2, -0.15) is 0 Å². The number of hydrogen-bond donors (Lipinski definition) is 2. The van der Waals surface area contributed by atoms with E-state index in [4.69, 9.17) is 4.42 Å². The maximum atomic E-state index is 12.6. The summed E-state index contributed by atoms with van der Waals surface area (Å²) in [6, 6.07) is 5.10. The molecule has 5 nitrogen and oxygen atoms in total. The van der Waals surface area contributed by atoms with Gasteiger partial charge in [0, 0.05) is 4.88 Å².